The molecule has 1 fully saturated rings. The Morgan fingerprint density at radius 1 is 1.60 bits per heavy atom. The molecule has 15 heavy (non-hydrogen) atoms. The Kier molecular flexibility index (Phi) is 2.97. The van der Waals surface area contributed by atoms with Crippen molar-refractivity contribution in [3.63, 3.8) is 0 Å². The van der Waals surface area contributed by atoms with E-state index in [1.807, 2.05) is 30.1 Å². The van der Waals surface area contributed by atoms with Crippen LogP contribution in [0.3, 0.4) is 0 Å². The van der Waals surface area contributed by atoms with Crippen LogP contribution in [0.5, 0.6) is 0 Å². The van der Waals surface area contributed by atoms with Gasteiger partial charge in [-0.1, -0.05) is 6.07 Å². The maximum absolute atomic E-state index is 11.8. The first kappa shape index (κ1) is 10.1. The van der Waals surface area contributed by atoms with Crippen molar-refractivity contribution >= 4 is 5.91 Å². The van der Waals surface area contributed by atoms with Crippen LogP contribution in [0.25, 0.3) is 0 Å². The highest BCUT2D eigenvalue weighted by Crippen LogP contribution is 2.05. The van der Waals surface area contributed by atoms with Crippen LogP contribution in [-0.4, -0.2) is 42.0 Å². The van der Waals surface area contributed by atoms with Crippen LogP contribution in [0, 0.1) is 0 Å². The summed E-state index contributed by atoms with van der Waals surface area (Å²) in [5, 5.41) is 3.15. The Morgan fingerprint density at radius 3 is 2.93 bits per heavy atom. The minimum atomic E-state index is 0.139. The van der Waals surface area contributed by atoms with Gasteiger partial charge < -0.3 is 10.2 Å². The first-order chi connectivity index (χ1) is 7.27. The summed E-state index contributed by atoms with van der Waals surface area (Å²) in [6, 6.07) is 6.00. The molecule has 0 aromatic carbocycles. The van der Waals surface area contributed by atoms with E-state index in [0.717, 1.165) is 18.8 Å². The van der Waals surface area contributed by atoms with E-state index in [0.29, 0.717) is 12.5 Å². The van der Waals surface area contributed by atoms with Gasteiger partial charge in [-0.05, 0) is 12.1 Å². The molecule has 1 amide bonds. The monoisotopic (exact) mass is 205 g/mol. The van der Waals surface area contributed by atoms with Crippen LogP contribution < -0.4 is 5.32 Å². The highest BCUT2D eigenvalue weighted by Gasteiger charge is 2.25. The van der Waals surface area contributed by atoms with Gasteiger partial charge in [0.25, 0.3) is 0 Å². The number of pyridine rings is 1. The van der Waals surface area contributed by atoms with Gasteiger partial charge in [0, 0.05) is 32.0 Å². The molecule has 1 aliphatic rings. The molecule has 4 heteroatoms. The Hall–Kier alpha value is -1.42. The predicted molar refractivity (Wildman–Crippen MR) is 57.4 cm³/mol. The fraction of sp³-hybridized carbons (Fsp3) is 0.455. The molecule has 1 aliphatic heterocycles. The van der Waals surface area contributed by atoms with Gasteiger partial charge in [-0.3, -0.25) is 9.78 Å². The second kappa shape index (κ2) is 4.40. The largest absolute Gasteiger partial charge is 0.340 e. The van der Waals surface area contributed by atoms with Gasteiger partial charge in [-0.15, -0.1) is 0 Å². The zero-order valence-electron chi connectivity index (χ0n) is 8.81. The molecule has 2 rings (SSSR count). The number of amides is 1. The van der Waals surface area contributed by atoms with Gasteiger partial charge in [0.05, 0.1) is 12.5 Å². The van der Waals surface area contributed by atoms with E-state index in [4.69, 9.17) is 0 Å². The number of hydrogen-bond donors (Lipinski definition) is 1. The summed E-state index contributed by atoms with van der Waals surface area (Å²) in [6.45, 7) is 1.81. The Balaban J connectivity index is 1.91. The maximum Gasteiger partial charge on any atom is 0.228 e. The predicted octanol–water partition coefficient (Wildman–Crippen LogP) is 0.0543. The van der Waals surface area contributed by atoms with E-state index >= 15 is 0 Å². The average molecular weight is 205 g/mol. The number of nitrogens with one attached hydrogen (secondary N) is 1. The minimum absolute atomic E-state index is 0.139. The van der Waals surface area contributed by atoms with Gasteiger partial charge in [-0.2, -0.15) is 0 Å². The van der Waals surface area contributed by atoms with Crippen molar-refractivity contribution in [3.8, 4) is 0 Å². The second-order valence-electron chi connectivity index (χ2n) is 3.81. The molecule has 1 aromatic rings. The third kappa shape index (κ3) is 2.33. The van der Waals surface area contributed by atoms with Crippen molar-refractivity contribution in [2.24, 2.45) is 0 Å². The summed E-state index contributed by atoms with van der Waals surface area (Å²) < 4.78 is 0. The van der Waals surface area contributed by atoms with Gasteiger partial charge in [-0.25, -0.2) is 0 Å². The topological polar surface area (TPSA) is 45.2 Å². The molecule has 1 aromatic heterocycles. The molecule has 0 atom stereocenters. The number of hydrogen-bond acceptors (Lipinski definition) is 3. The lowest BCUT2D eigenvalue weighted by Gasteiger charge is -2.35. The molecule has 1 saturated heterocycles. The Bertz CT molecular complexity index is 335. The van der Waals surface area contributed by atoms with Crippen molar-refractivity contribution in [2.75, 3.05) is 20.1 Å². The normalized spacial score (nSPS) is 15.8. The molecule has 0 spiro atoms. The third-order valence-electron chi connectivity index (χ3n) is 2.76. The average Bonchev–Trinajstić information content (AvgIpc) is 2.16. The first-order valence-electron chi connectivity index (χ1n) is 5.13. The number of carbonyl (C=O) groups is 1. The van der Waals surface area contributed by atoms with Gasteiger partial charge >= 0.3 is 0 Å². The van der Waals surface area contributed by atoms with Crippen LogP contribution in [0.15, 0.2) is 24.4 Å². The minimum Gasteiger partial charge on any atom is -0.340 e. The molecule has 2 heterocycles. The van der Waals surface area contributed by atoms with E-state index < -0.39 is 0 Å². The SMILES string of the molecule is CN(C(=O)Cc1ccccn1)C1CNC1. The quantitative estimate of drug-likeness (QED) is 0.758. The third-order valence-corrected chi connectivity index (χ3v) is 2.76. The summed E-state index contributed by atoms with van der Waals surface area (Å²) in [7, 11) is 1.86. The fourth-order valence-corrected chi connectivity index (χ4v) is 1.53. The molecule has 1 N–H and O–H groups in total. The molecule has 80 valence electrons. The molecule has 0 aliphatic carbocycles. The Labute approximate surface area is 89.3 Å². The van der Waals surface area contributed by atoms with Gasteiger partial charge in [0.2, 0.25) is 5.91 Å². The molecule has 0 saturated carbocycles. The number of likely N-dealkylation sites (N-methyl/N-ethyl adjacent to an activating group) is 1. The first-order valence-corrected chi connectivity index (χ1v) is 5.13. The molecule has 0 bridgehead atoms. The van der Waals surface area contributed by atoms with Crippen LogP contribution in [0.2, 0.25) is 0 Å². The van der Waals surface area contributed by atoms with Gasteiger partial charge in [0.15, 0.2) is 0 Å². The lowest BCUT2D eigenvalue weighted by molar-refractivity contribution is -0.132. The van der Waals surface area contributed by atoms with Gasteiger partial charge in [0.1, 0.15) is 0 Å². The molecule has 4 nitrogen and oxygen atoms in total. The summed E-state index contributed by atoms with van der Waals surface area (Å²) in [5.74, 6) is 0.139. The van der Waals surface area contributed by atoms with Crippen LogP contribution in [0.4, 0.5) is 0 Å². The number of nitrogens with zero attached hydrogens (tertiary/aromatic N) is 2. The van der Waals surface area contributed by atoms with Crippen molar-refractivity contribution in [2.45, 2.75) is 12.5 Å². The number of rotatable bonds is 3. The lowest BCUT2D eigenvalue weighted by Crippen LogP contribution is -2.57. The summed E-state index contributed by atoms with van der Waals surface area (Å²) in [5.41, 5.74) is 0.835. The van der Waals surface area contributed by atoms with Crippen molar-refractivity contribution in [3.05, 3.63) is 30.1 Å². The van der Waals surface area contributed by atoms with Crippen molar-refractivity contribution in [1.82, 2.24) is 15.2 Å². The number of aromatic nitrogens is 1. The van der Waals surface area contributed by atoms with Crippen LogP contribution in [-0.2, 0) is 11.2 Å². The standard InChI is InChI=1S/C11H15N3O/c1-14(10-7-12-8-10)11(15)6-9-4-2-3-5-13-9/h2-5,10,12H,6-8H2,1H3. The van der Waals surface area contributed by atoms with Crippen molar-refractivity contribution < 1.29 is 4.79 Å². The number of carbonyl (C=O) groups excluding carboxylic acids is 1. The lowest BCUT2D eigenvalue weighted by atomic mass is 10.1. The second-order valence-corrected chi connectivity index (χ2v) is 3.81. The molecular weight excluding hydrogens is 190 g/mol. The van der Waals surface area contributed by atoms with E-state index in [-0.39, 0.29) is 5.91 Å². The van der Waals surface area contributed by atoms with E-state index in [9.17, 15) is 4.79 Å². The zero-order valence-corrected chi connectivity index (χ0v) is 8.81. The molecule has 0 unspecified atom stereocenters. The molecule has 0 radical (unpaired) electrons. The highest BCUT2D eigenvalue weighted by atomic mass is 16.2. The van der Waals surface area contributed by atoms with Crippen molar-refractivity contribution in [1.29, 1.82) is 0 Å². The van der Waals surface area contributed by atoms with Crippen LogP contribution >= 0.6 is 0 Å². The maximum atomic E-state index is 11.8. The summed E-state index contributed by atoms with van der Waals surface area (Å²) in [6.07, 6.45) is 2.11. The smallest absolute Gasteiger partial charge is 0.228 e. The molecular formula is C11H15N3O. The Morgan fingerprint density at radius 2 is 2.40 bits per heavy atom. The fourth-order valence-electron chi connectivity index (χ4n) is 1.53. The zero-order chi connectivity index (χ0) is 10.7. The van der Waals surface area contributed by atoms with E-state index in [1.54, 1.807) is 6.20 Å². The van der Waals surface area contributed by atoms with E-state index in [2.05, 4.69) is 10.3 Å². The van der Waals surface area contributed by atoms with Crippen LogP contribution in [0.1, 0.15) is 5.69 Å². The van der Waals surface area contributed by atoms with E-state index in [1.165, 1.54) is 0 Å². The summed E-state index contributed by atoms with van der Waals surface area (Å²) in [4.78, 5) is 17.8. The highest BCUT2D eigenvalue weighted by molar-refractivity contribution is 5.78. The summed E-state index contributed by atoms with van der Waals surface area (Å²) >= 11 is 0.